The van der Waals surface area contributed by atoms with Crippen molar-refractivity contribution in [2.24, 2.45) is 0 Å². The minimum Gasteiger partial charge on any atom is -0.508 e. The van der Waals surface area contributed by atoms with E-state index in [-0.39, 0.29) is 65.0 Å². The zero-order chi connectivity index (χ0) is 82.9. The first kappa shape index (κ1) is 81.8. The minimum absolute atomic E-state index is 0.0526. The largest absolute Gasteiger partial charge is 0.508 e. The van der Waals surface area contributed by atoms with Gasteiger partial charge in [-0.15, -0.1) is 0 Å². The molecule has 5 atom stereocenters. The van der Waals surface area contributed by atoms with E-state index in [9.17, 15) is 27.1 Å². The van der Waals surface area contributed by atoms with Crippen molar-refractivity contribution in [3.63, 3.8) is 0 Å². The first-order chi connectivity index (χ1) is 57.2. The van der Waals surface area contributed by atoms with Gasteiger partial charge >= 0.3 is 0 Å². The number of hydrogen-bond acceptors (Lipinski definition) is 22. The van der Waals surface area contributed by atoms with Gasteiger partial charge in [0.05, 0.1) is 99.4 Å². The Morgan fingerprint density at radius 3 is 1.17 bits per heavy atom. The van der Waals surface area contributed by atoms with Crippen LogP contribution in [0.3, 0.4) is 0 Å². The lowest BCUT2D eigenvalue weighted by Gasteiger charge is -2.19. The highest BCUT2D eigenvalue weighted by molar-refractivity contribution is 14.1. The van der Waals surface area contributed by atoms with Crippen molar-refractivity contribution in [3.8, 4) is 45.6 Å². The molecule has 11 heterocycles. The van der Waals surface area contributed by atoms with Crippen molar-refractivity contribution >= 4 is 79.9 Å². The van der Waals surface area contributed by atoms with Gasteiger partial charge in [-0.1, -0.05) is 12.1 Å². The molecule has 17 aromatic rings. The number of methoxy groups -OCH3 is 4. The molecular formula is C84H80F5IN22O6. The molecule has 5 unspecified atom stereocenters. The fraction of sp³-hybridized carbons (Fsp3) is 0.179. The standard InChI is InChI=1S/C22H21FN4O2.C18H17FN6O.C15H14FIN4O.C15H15FN4O.C14H13FN4O/c1-15(25-21-10-12-27-22(26-21)9-11-24-27)19-13-17(23)5-8-20(19)29-14-16-3-6-18(28-2)7-4-16;1-11(14-7-13(19)3-4-16(14)26-2)23-17-5-6-25-18(24-17)15(10-22-25)12-8-20-21-9-12;1-9(11-7-10(16)3-4-13(11)22-2)19-14-5-6-21-15(20-14)12(17)8-18-21;1-10(12-9-11(16)3-4-13(12)21-2)18-14-6-8-20-15(19-14)5-7-17-20;1-9(11-8-10(15)2-3-12(11)20)17-13-5-7-19-14(18-13)4-6-16-19/h3-13,15H,14H2,1-2H3,(H,25,26);3-11H,1-2H3,(H,20,21)(H,23,24);3-9H,1-2H3,(H,19,20);3-10H,1-2H3,(H,18,19);2-9,20H,1H3,(H,17,18). The topological polar surface area (TPSA) is 306 Å². The molecule has 0 saturated carbocycles. The molecule has 17 rings (SSSR count). The van der Waals surface area contributed by atoms with Crippen LogP contribution in [0.15, 0.2) is 238 Å². The minimum atomic E-state index is -0.384. The Kier molecular flexibility index (Phi) is 26.2. The van der Waals surface area contributed by atoms with Crippen LogP contribution in [0.4, 0.5) is 51.0 Å². The van der Waals surface area contributed by atoms with E-state index in [1.165, 1.54) is 66.7 Å². The number of aromatic amines is 1. The zero-order valence-electron chi connectivity index (χ0n) is 65.0. The second-order valence-electron chi connectivity index (χ2n) is 26.6. The van der Waals surface area contributed by atoms with Crippen LogP contribution in [0, 0.1) is 32.7 Å². The number of phenols is 1. The van der Waals surface area contributed by atoms with Crippen molar-refractivity contribution in [2.45, 2.75) is 71.4 Å². The number of rotatable bonds is 23. The summed E-state index contributed by atoms with van der Waals surface area (Å²) < 4.78 is 104. The molecule has 118 heavy (non-hydrogen) atoms. The van der Waals surface area contributed by atoms with Crippen molar-refractivity contribution < 1.29 is 50.7 Å². The number of ether oxygens (including phenoxy) is 5. The normalized spacial score (nSPS) is 12.3. The van der Waals surface area contributed by atoms with Gasteiger partial charge in [-0.3, -0.25) is 5.10 Å². The van der Waals surface area contributed by atoms with E-state index in [1.54, 1.807) is 137 Å². The van der Waals surface area contributed by atoms with E-state index in [0.717, 1.165) is 59.6 Å². The van der Waals surface area contributed by atoms with E-state index in [0.29, 0.717) is 81.1 Å². The maximum atomic E-state index is 13.9. The quantitative estimate of drug-likeness (QED) is 0.0231. The Morgan fingerprint density at radius 2 is 0.754 bits per heavy atom. The molecule has 0 spiro atoms. The summed E-state index contributed by atoms with van der Waals surface area (Å²) in [5.74, 6) is 5.13. The molecule has 604 valence electrons. The molecule has 0 amide bonds. The Balaban J connectivity index is 0.000000129. The molecule has 7 N–H and O–H groups in total. The monoisotopic (exact) mass is 1710 g/mol. The summed E-state index contributed by atoms with van der Waals surface area (Å²) in [5, 5.41) is 53.6. The predicted octanol–water partition coefficient (Wildman–Crippen LogP) is 17.5. The number of benzene rings is 6. The molecule has 0 fully saturated rings. The summed E-state index contributed by atoms with van der Waals surface area (Å²) in [6.45, 7) is 9.93. The molecule has 0 radical (unpaired) electrons. The Bertz CT molecular complexity index is 6230. The maximum absolute atomic E-state index is 13.9. The number of phenolic OH excluding ortho intramolecular Hbond substituents is 1. The van der Waals surface area contributed by atoms with E-state index >= 15 is 0 Å². The van der Waals surface area contributed by atoms with Crippen molar-refractivity contribution in [3.05, 3.63) is 304 Å². The number of aromatic nitrogens is 17. The number of nitrogens with one attached hydrogen (secondary N) is 6. The fourth-order valence-electron chi connectivity index (χ4n) is 12.5. The van der Waals surface area contributed by atoms with Crippen LogP contribution in [-0.4, -0.2) is 117 Å². The third kappa shape index (κ3) is 20.3. The first-order valence-corrected chi connectivity index (χ1v) is 37.9. The second kappa shape index (κ2) is 37.8. The highest BCUT2D eigenvalue weighted by Crippen LogP contribution is 2.35. The summed E-state index contributed by atoms with van der Waals surface area (Å²) >= 11 is 2.19. The lowest BCUT2D eigenvalue weighted by Crippen LogP contribution is -2.11. The van der Waals surface area contributed by atoms with Crippen molar-refractivity contribution in [1.82, 2.24) is 83.2 Å². The second-order valence-corrected chi connectivity index (χ2v) is 27.7. The molecule has 0 aliphatic carbocycles. The maximum Gasteiger partial charge on any atom is 0.170 e. The fourth-order valence-corrected chi connectivity index (χ4v) is 13.0. The van der Waals surface area contributed by atoms with Crippen molar-refractivity contribution in [2.75, 3.05) is 55.0 Å². The van der Waals surface area contributed by atoms with Gasteiger partial charge in [-0.05, 0) is 196 Å². The van der Waals surface area contributed by atoms with Crippen molar-refractivity contribution in [1.29, 1.82) is 0 Å². The third-order valence-corrected chi connectivity index (χ3v) is 19.3. The van der Waals surface area contributed by atoms with Gasteiger partial charge in [0.2, 0.25) is 0 Å². The van der Waals surface area contributed by atoms with Crippen LogP contribution in [0.2, 0.25) is 0 Å². The summed E-state index contributed by atoms with van der Waals surface area (Å²) in [6, 6.07) is 43.0. The van der Waals surface area contributed by atoms with E-state index in [4.69, 9.17) is 23.7 Å². The highest BCUT2D eigenvalue weighted by atomic mass is 127. The van der Waals surface area contributed by atoms with Crippen LogP contribution < -0.4 is 50.3 Å². The number of fused-ring (bicyclic) bond motifs is 5. The van der Waals surface area contributed by atoms with Crippen LogP contribution >= 0.6 is 22.6 Å². The van der Waals surface area contributed by atoms with E-state index in [1.807, 2.05) is 120 Å². The third-order valence-electron chi connectivity index (χ3n) is 18.5. The van der Waals surface area contributed by atoms with Crippen LogP contribution in [0.5, 0.6) is 34.5 Å². The lowest BCUT2D eigenvalue weighted by molar-refractivity contribution is 0.301. The number of halogens is 6. The lowest BCUT2D eigenvalue weighted by atomic mass is 10.1. The molecule has 0 aliphatic rings. The summed E-state index contributed by atoms with van der Waals surface area (Å²) in [4.78, 5) is 22.5. The molecule has 28 nitrogen and oxygen atoms in total. The van der Waals surface area contributed by atoms with Gasteiger partial charge in [0, 0.05) is 94.3 Å². The summed E-state index contributed by atoms with van der Waals surface area (Å²) in [5.41, 5.74) is 9.87. The number of nitrogens with zero attached hydrogens (tertiary/aromatic N) is 16. The van der Waals surface area contributed by atoms with E-state index in [2.05, 4.69) is 110 Å². The van der Waals surface area contributed by atoms with Gasteiger partial charge in [-0.2, -0.15) is 30.6 Å². The summed E-state index contributed by atoms with van der Waals surface area (Å²) in [6.07, 6.45) is 21.1. The smallest absolute Gasteiger partial charge is 0.170 e. The van der Waals surface area contributed by atoms with Gasteiger partial charge < -0.3 is 55.4 Å². The molecule has 6 aromatic carbocycles. The molecule has 34 heteroatoms. The van der Waals surface area contributed by atoms with Crippen LogP contribution in [0.1, 0.15) is 98.2 Å². The Hall–Kier alpha value is -14.2. The molecule has 11 aromatic heterocycles. The highest BCUT2D eigenvalue weighted by Gasteiger charge is 2.21. The Labute approximate surface area is 686 Å². The Morgan fingerprint density at radius 1 is 0.390 bits per heavy atom. The van der Waals surface area contributed by atoms with Gasteiger partial charge in [-0.25, -0.2) is 69.4 Å². The predicted molar refractivity (Wildman–Crippen MR) is 446 cm³/mol. The molecule has 0 bridgehead atoms. The zero-order valence-corrected chi connectivity index (χ0v) is 67.2. The van der Waals surface area contributed by atoms with Crippen LogP contribution in [-0.2, 0) is 6.61 Å². The number of anilines is 5. The molecule has 0 saturated heterocycles. The average molecular weight is 1720 g/mol. The number of H-pyrrole nitrogens is 1. The summed E-state index contributed by atoms with van der Waals surface area (Å²) in [7, 11) is 6.34. The van der Waals surface area contributed by atoms with Gasteiger partial charge in [0.15, 0.2) is 28.2 Å². The molecular weight excluding hydrogens is 1630 g/mol. The number of hydrogen-bond donors (Lipinski definition) is 7. The van der Waals surface area contributed by atoms with Gasteiger partial charge in [0.25, 0.3) is 0 Å². The number of aromatic hydroxyl groups is 1. The van der Waals surface area contributed by atoms with Gasteiger partial charge in [0.1, 0.15) is 99.3 Å². The van der Waals surface area contributed by atoms with Crippen LogP contribution in [0.25, 0.3) is 39.4 Å². The first-order valence-electron chi connectivity index (χ1n) is 36.8. The molecule has 0 aliphatic heterocycles. The average Bonchev–Trinajstić information content (AvgIpc) is 1.65. The SMILES string of the molecule is CC(Nc1ccn2nccc2n1)c1cc(F)ccc1O.COc1ccc(COc2ccc(F)cc2C(C)Nc2ccn3nccc3n2)cc1.COc1ccc(F)cc1C(C)Nc1ccn2ncc(-c3cn[nH]c3)c2n1.COc1ccc(F)cc1C(C)Nc1ccn2ncc(I)c2n1.COc1ccc(F)cc1C(C)Nc1ccn2nccc2n1. The van der Waals surface area contributed by atoms with E-state index < -0.39 is 0 Å².